The van der Waals surface area contributed by atoms with Crippen LogP contribution in [0.5, 0.6) is 0 Å². The van der Waals surface area contributed by atoms with Crippen molar-refractivity contribution in [2.75, 3.05) is 13.6 Å². The van der Waals surface area contributed by atoms with Gasteiger partial charge in [-0.15, -0.1) is 0 Å². The molecule has 1 saturated carbocycles. The number of amides is 4. The third kappa shape index (κ3) is 4.36. The molecule has 170 valence electrons. The normalized spacial score (nSPS) is 18.8. The van der Waals surface area contributed by atoms with Crippen molar-refractivity contribution >= 4 is 17.8 Å². The Kier molecular flexibility index (Phi) is 6.22. The minimum absolute atomic E-state index is 0.0785. The third-order valence-corrected chi connectivity index (χ3v) is 6.52. The SMILES string of the molecule is CC(c1ccc(-n2cncn2)cc1)N(C)CCC(=O)NN1C(=O)NC2(CCCCC2)C1=O. The van der Waals surface area contributed by atoms with E-state index in [1.54, 1.807) is 11.0 Å². The van der Waals surface area contributed by atoms with Crippen LogP contribution < -0.4 is 10.7 Å². The fraction of sp³-hybridized carbons (Fsp3) is 0.500. The lowest BCUT2D eigenvalue weighted by Gasteiger charge is -2.30. The third-order valence-electron chi connectivity index (χ3n) is 6.52. The lowest BCUT2D eigenvalue weighted by atomic mass is 9.82. The fourth-order valence-corrected chi connectivity index (χ4v) is 4.37. The number of hydrogen-bond donors (Lipinski definition) is 2. The van der Waals surface area contributed by atoms with E-state index in [9.17, 15) is 14.4 Å². The minimum Gasteiger partial charge on any atom is -0.322 e. The summed E-state index contributed by atoms with van der Waals surface area (Å²) in [6, 6.07) is 7.53. The summed E-state index contributed by atoms with van der Waals surface area (Å²) in [5, 5.41) is 7.78. The van der Waals surface area contributed by atoms with Crippen LogP contribution in [0.1, 0.15) is 57.1 Å². The van der Waals surface area contributed by atoms with Gasteiger partial charge in [-0.3, -0.25) is 19.9 Å². The summed E-state index contributed by atoms with van der Waals surface area (Å²) in [5.74, 6) is -0.702. The summed E-state index contributed by atoms with van der Waals surface area (Å²) in [7, 11) is 1.94. The Balaban J connectivity index is 1.29. The molecule has 10 nitrogen and oxygen atoms in total. The van der Waals surface area contributed by atoms with Gasteiger partial charge < -0.3 is 5.32 Å². The first-order chi connectivity index (χ1) is 15.4. The fourth-order valence-electron chi connectivity index (χ4n) is 4.37. The maximum absolute atomic E-state index is 12.8. The van der Waals surface area contributed by atoms with Gasteiger partial charge in [0.05, 0.1) is 5.69 Å². The Morgan fingerprint density at radius 3 is 2.59 bits per heavy atom. The molecule has 10 heteroatoms. The molecule has 2 N–H and O–H groups in total. The monoisotopic (exact) mass is 439 g/mol. The Bertz CT molecular complexity index is 968. The summed E-state index contributed by atoms with van der Waals surface area (Å²) >= 11 is 0. The maximum atomic E-state index is 12.8. The van der Waals surface area contributed by atoms with Crippen LogP contribution in [0.4, 0.5) is 4.79 Å². The van der Waals surface area contributed by atoms with Crippen molar-refractivity contribution in [1.29, 1.82) is 0 Å². The zero-order chi connectivity index (χ0) is 22.7. The van der Waals surface area contributed by atoms with Crippen molar-refractivity contribution < 1.29 is 14.4 Å². The second-order valence-electron chi connectivity index (χ2n) is 8.59. The standard InChI is InChI=1S/C22H29N7O3/c1-16(17-6-8-18(9-7-17)28-15-23-14-24-28)27(2)13-10-19(30)26-29-20(31)22(25-21(29)32)11-4-3-5-12-22/h6-9,14-16H,3-5,10-13H2,1-2H3,(H,25,32)(H,26,30). The Hall–Kier alpha value is -3.27. The van der Waals surface area contributed by atoms with Gasteiger partial charge >= 0.3 is 6.03 Å². The number of nitrogens with one attached hydrogen (secondary N) is 2. The predicted octanol–water partition coefficient (Wildman–Crippen LogP) is 1.94. The summed E-state index contributed by atoms with van der Waals surface area (Å²) in [5.41, 5.74) is 3.68. The molecule has 32 heavy (non-hydrogen) atoms. The lowest BCUT2D eigenvalue weighted by molar-refractivity contribution is -0.140. The maximum Gasteiger partial charge on any atom is 0.344 e. The largest absolute Gasteiger partial charge is 0.344 e. The van der Waals surface area contributed by atoms with Crippen LogP contribution in [0.25, 0.3) is 5.69 Å². The van der Waals surface area contributed by atoms with E-state index in [0.717, 1.165) is 35.5 Å². The van der Waals surface area contributed by atoms with E-state index in [1.807, 2.05) is 31.3 Å². The molecule has 1 aromatic heterocycles. The molecule has 1 aliphatic heterocycles. The molecule has 2 aliphatic rings. The van der Waals surface area contributed by atoms with Gasteiger partial charge in [-0.25, -0.2) is 14.5 Å². The summed E-state index contributed by atoms with van der Waals surface area (Å²) in [6.45, 7) is 2.54. The molecule has 4 amide bonds. The van der Waals surface area contributed by atoms with Crippen LogP contribution in [0, 0.1) is 0 Å². The Morgan fingerprint density at radius 2 is 1.94 bits per heavy atom. The van der Waals surface area contributed by atoms with Crippen LogP contribution in [0.15, 0.2) is 36.9 Å². The van der Waals surface area contributed by atoms with E-state index < -0.39 is 11.6 Å². The average molecular weight is 440 g/mol. The number of carbonyl (C=O) groups excluding carboxylic acids is 3. The molecule has 4 rings (SSSR count). The van der Waals surface area contributed by atoms with Gasteiger partial charge in [-0.1, -0.05) is 31.4 Å². The van der Waals surface area contributed by atoms with E-state index in [2.05, 4.69) is 32.6 Å². The van der Waals surface area contributed by atoms with E-state index in [4.69, 9.17) is 0 Å². The van der Waals surface area contributed by atoms with Gasteiger partial charge in [0.25, 0.3) is 5.91 Å². The number of rotatable bonds is 7. The first kappa shape index (κ1) is 21.9. The quantitative estimate of drug-likeness (QED) is 0.638. The van der Waals surface area contributed by atoms with Crippen molar-refractivity contribution in [2.45, 2.75) is 57.0 Å². The number of benzene rings is 1. The second kappa shape index (κ2) is 9.07. The number of urea groups is 1. The topological polar surface area (TPSA) is 112 Å². The Labute approximate surface area is 186 Å². The summed E-state index contributed by atoms with van der Waals surface area (Å²) < 4.78 is 1.69. The predicted molar refractivity (Wildman–Crippen MR) is 116 cm³/mol. The van der Waals surface area contributed by atoms with Gasteiger partial charge in [-0.05, 0) is 44.5 Å². The van der Waals surface area contributed by atoms with Crippen molar-refractivity contribution in [2.24, 2.45) is 0 Å². The zero-order valence-electron chi connectivity index (χ0n) is 18.5. The molecule has 2 fully saturated rings. The second-order valence-corrected chi connectivity index (χ2v) is 8.59. The first-order valence-electron chi connectivity index (χ1n) is 11.0. The van der Waals surface area contributed by atoms with Crippen molar-refractivity contribution in [1.82, 2.24) is 35.4 Å². The minimum atomic E-state index is -0.841. The number of imide groups is 1. The molecule has 1 aliphatic carbocycles. The van der Waals surface area contributed by atoms with Gasteiger partial charge in [0.1, 0.15) is 18.2 Å². The van der Waals surface area contributed by atoms with Crippen molar-refractivity contribution in [3.63, 3.8) is 0 Å². The molecule has 0 radical (unpaired) electrons. The molecule has 1 spiro atoms. The van der Waals surface area contributed by atoms with Crippen molar-refractivity contribution in [3.8, 4) is 5.69 Å². The molecular weight excluding hydrogens is 410 g/mol. The van der Waals surface area contributed by atoms with Crippen LogP contribution in [0.3, 0.4) is 0 Å². The highest BCUT2D eigenvalue weighted by Gasteiger charge is 2.52. The van der Waals surface area contributed by atoms with Crippen molar-refractivity contribution in [3.05, 3.63) is 42.5 Å². The van der Waals surface area contributed by atoms with Crippen LogP contribution in [0.2, 0.25) is 0 Å². The van der Waals surface area contributed by atoms with E-state index in [-0.39, 0.29) is 24.3 Å². The van der Waals surface area contributed by atoms with Gasteiger partial charge in [0.15, 0.2) is 0 Å². The molecule has 1 saturated heterocycles. The first-order valence-corrected chi connectivity index (χ1v) is 11.0. The number of nitrogens with zero attached hydrogens (tertiary/aromatic N) is 5. The van der Waals surface area contributed by atoms with E-state index in [1.165, 1.54) is 6.33 Å². The Morgan fingerprint density at radius 1 is 1.22 bits per heavy atom. The molecule has 1 aromatic carbocycles. The lowest BCUT2D eigenvalue weighted by Crippen LogP contribution is -2.51. The molecule has 2 heterocycles. The highest BCUT2D eigenvalue weighted by atomic mass is 16.2. The number of hydrogen-bond acceptors (Lipinski definition) is 6. The molecule has 1 atom stereocenters. The highest BCUT2D eigenvalue weighted by molar-refractivity contribution is 6.08. The molecule has 1 unspecified atom stereocenters. The number of aromatic nitrogens is 3. The zero-order valence-corrected chi connectivity index (χ0v) is 18.5. The smallest absolute Gasteiger partial charge is 0.322 e. The van der Waals surface area contributed by atoms with Gasteiger partial charge in [-0.2, -0.15) is 10.1 Å². The summed E-state index contributed by atoms with van der Waals surface area (Å²) in [6.07, 6.45) is 7.41. The number of carbonyl (C=O) groups is 3. The van der Waals surface area contributed by atoms with E-state index in [0.29, 0.717) is 19.4 Å². The van der Waals surface area contributed by atoms with Gasteiger partial charge in [0.2, 0.25) is 5.91 Å². The molecular formula is C22H29N7O3. The van der Waals surface area contributed by atoms with Crippen LogP contribution in [-0.2, 0) is 9.59 Å². The summed E-state index contributed by atoms with van der Waals surface area (Å²) in [4.78, 5) is 43.6. The molecule has 2 aromatic rings. The number of hydrazine groups is 1. The highest BCUT2D eigenvalue weighted by Crippen LogP contribution is 2.33. The average Bonchev–Trinajstić information content (AvgIpc) is 3.42. The van der Waals surface area contributed by atoms with Crippen LogP contribution in [-0.4, -0.2) is 61.7 Å². The molecule has 0 bridgehead atoms. The van der Waals surface area contributed by atoms with Gasteiger partial charge in [0, 0.05) is 19.0 Å². The van der Waals surface area contributed by atoms with E-state index >= 15 is 0 Å². The van der Waals surface area contributed by atoms with Crippen LogP contribution >= 0.6 is 0 Å².